The number of ether oxygens (including phenoxy) is 2. The first-order valence-electron chi connectivity index (χ1n) is 9.09. The first-order chi connectivity index (χ1) is 13.2. The number of thiazole rings is 1. The number of fused-ring (bicyclic) bond motifs is 1. The van der Waals surface area contributed by atoms with Gasteiger partial charge in [-0.15, -0.1) is 11.3 Å². The number of hydrogen-bond acceptors (Lipinski definition) is 6. The molecule has 0 atom stereocenters. The van der Waals surface area contributed by atoms with Gasteiger partial charge in [-0.2, -0.15) is 0 Å². The fraction of sp³-hybridized carbons (Fsp3) is 0.421. The van der Waals surface area contributed by atoms with Gasteiger partial charge in [0.05, 0.1) is 12.1 Å². The Morgan fingerprint density at radius 3 is 2.93 bits per heavy atom. The molecule has 0 bridgehead atoms. The number of carbonyl (C=O) groups excluding carboxylic acids is 2. The lowest BCUT2D eigenvalue weighted by molar-refractivity contribution is -0.120. The summed E-state index contributed by atoms with van der Waals surface area (Å²) in [6.45, 7) is 2.39. The normalized spacial score (nSPS) is 15.9. The van der Waals surface area contributed by atoms with Crippen molar-refractivity contribution in [3.8, 4) is 11.5 Å². The Balaban J connectivity index is 1.25. The van der Waals surface area contributed by atoms with E-state index in [9.17, 15) is 9.59 Å². The molecule has 0 aliphatic carbocycles. The van der Waals surface area contributed by atoms with Crippen LogP contribution in [0.4, 0.5) is 5.13 Å². The summed E-state index contributed by atoms with van der Waals surface area (Å²) in [4.78, 5) is 30.1. The number of benzene rings is 1. The summed E-state index contributed by atoms with van der Waals surface area (Å²) >= 11 is 1.41. The third-order valence-corrected chi connectivity index (χ3v) is 5.44. The second kappa shape index (κ2) is 7.96. The van der Waals surface area contributed by atoms with Crippen LogP contribution in [0.5, 0.6) is 11.5 Å². The molecule has 2 aliphatic rings. The first kappa shape index (κ1) is 17.8. The predicted octanol–water partition coefficient (Wildman–Crippen LogP) is 1.94. The molecule has 1 aromatic carbocycles. The average Bonchev–Trinajstić information content (AvgIpc) is 3.30. The van der Waals surface area contributed by atoms with Gasteiger partial charge in [0.15, 0.2) is 16.6 Å². The topological polar surface area (TPSA) is 80.8 Å². The molecule has 0 spiro atoms. The molecule has 0 saturated carbocycles. The Labute approximate surface area is 161 Å². The second-order valence-electron chi connectivity index (χ2n) is 6.53. The first-order valence-corrected chi connectivity index (χ1v) is 9.97. The third kappa shape index (κ3) is 4.21. The lowest BCUT2D eigenvalue weighted by Crippen LogP contribution is -2.27. The number of carbonyl (C=O) groups is 2. The zero-order valence-corrected chi connectivity index (χ0v) is 15.7. The minimum atomic E-state index is -0.0721. The van der Waals surface area contributed by atoms with Crippen LogP contribution in [0.25, 0.3) is 0 Å². The van der Waals surface area contributed by atoms with E-state index in [1.165, 1.54) is 11.3 Å². The van der Waals surface area contributed by atoms with Crippen molar-refractivity contribution >= 4 is 28.3 Å². The van der Waals surface area contributed by atoms with Gasteiger partial charge in [0.1, 0.15) is 13.2 Å². The molecule has 7 nitrogen and oxygen atoms in total. The van der Waals surface area contributed by atoms with Crippen molar-refractivity contribution in [2.24, 2.45) is 0 Å². The molecule has 142 valence electrons. The summed E-state index contributed by atoms with van der Waals surface area (Å²) in [5.74, 6) is 1.57. The Morgan fingerprint density at radius 1 is 1.26 bits per heavy atom. The number of anilines is 1. The van der Waals surface area contributed by atoms with Crippen LogP contribution in [0.15, 0.2) is 23.6 Å². The number of aromatic nitrogens is 1. The van der Waals surface area contributed by atoms with E-state index in [0.29, 0.717) is 50.0 Å². The largest absolute Gasteiger partial charge is 0.486 e. The molecule has 1 N–H and O–H groups in total. The van der Waals surface area contributed by atoms with E-state index in [-0.39, 0.29) is 18.2 Å². The fourth-order valence-electron chi connectivity index (χ4n) is 3.17. The number of hydrogen-bond donors (Lipinski definition) is 1. The van der Waals surface area contributed by atoms with Crippen LogP contribution in [-0.2, 0) is 22.4 Å². The molecule has 4 rings (SSSR count). The number of amides is 2. The highest BCUT2D eigenvalue weighted by molar-refractivity contribution is 7.14. The van der Waals surface area contributed by atoms with Crippen molar-refractivity contribution in [3.63, 3.8) is 0 Å². The number of nitrogens with one attached hydrogen (secondary N) is 1. The van der Waals surface area contributed by atoms with Crippen LogP contribution in [-0.4, -0.2) is 43.1 Å². The van der Waals surface area contributed by atoms with Gasteiger partial charge in [0.2, 0.25) is 11.8 Å². The molecule has 2 aliphatic heterocycles. The highest BCUT2D eigenvalue weighted by atomic mass is 32.1. The highest BCUT2D eigenvalue weighted by Crippen LogP contribution is 2.30. The summed E-state index contributed by atoms with van der Waals surface area (Å²) in [5, 5.41) is 5.46. The third-order valence-electron chi connectivity index (χ3n) is 4.53. The second-order valence-corrected chi connectivity index (χ2v) is 7.36. The van der Waals surface area contributed by atoms with E-state index < -0.39 is 0 Å². The summed E-state index contributed by atoms with van der Waals surface area (Å²) < 4.78 is 11.1. The molecule has 8 heteroatoms. The van der Waals surface area contributed by atoms with Crippen LogP contribution in [0, 0.1) is 0 Å². The standard InChI is InChI=1S/C19H21N3O4S/c23-17(11-14-12-27-19(21-14)22-7-1-2-18(22)24)20-6-5-13-3-4-15-16(10-13)26-9-8-25-15/h3-4,10,12H,1-2,5-9,11H2,(H,20,23). The van der Waals surface area contributed by atoms with Gasteiger partial charge >= 0.3 is 0 Å². The van der Waals surface area contributed by atoms with Gasteiger partial charge in [-0.1, -0.05) is 6.07 Å². The predicted molar refractivity (Wildman–Crippen MR) is 102 cm³/mol. The quantitative estimate of drug-likeness (QED) is 0.819. The molecule has 2 aromatic rings. The average molecular weight is 387 g/mol. The van der Waals surface area contributed by atoms with Gasteiger partial charge in [0, 0.05) is 24.9 Å². The molecule has 0 unspecified atom stereocenters. The molecule has 1 fully saturated rings. The molecule has 1 saturated heterocycles. The van der Waals surface area contributed by atoms with E-state index in [0.717, 1.165) is 23.5 Å². The fourth-order valence-corrected chi connectivity index (χ4v) is 4.04. The molecule has 1 aromatic heterocycles. The van der Waals surface area contributed by atoms with Gasteiger partial charge < -0.3 is 14.8 Å². The van der Waals surface area contributed by atoms with Crippen molar-refractivity contribution in [3.05, 3.63) is 34.8 Å². The van der Waals surface area contributed by atoms with Gasteiger partial charge in [0.25, 0.3) is 0 Å². The number of nitrogens with zero attached hydrogens (tertiary/aromatic N) is 2. The zero-order valence-electron chi connectivity index (χ0n) is 14.9. The van der Waals surface area contributed by atoms with Gasteiger partial charge in [-0.25, -0.2) is 4.98 Å². The van der Waals surface area contributed by atoms with Crippen LogP contribution >= 0.6 is 11.3 Å². The van der Waals surface area contributed by atoms with Gasteiger partial charge in [-0.3, -0.25) is 14.5 Å². The van der Waals surface area contributed by atoms with E-state index in [1.807, 2.05) is 23.6 Å². The van der Waals surface area contributed by atoms with Crippen LogP contribution in [0.3, 0.4) is 0 Å². The number of rotatable bonds is 6. The van der Waals surface area contributed by atoms with Crippen molar-refractivity contribution < 1.29 is 19.1 Å². The minimum absolute atomic E-state index is 0.0721. The van der Waals surface area contributed by atoms with Crippen molar-refractivity contribution in [1.29, 1.82) is 0 Å². The van der Waals surface area contributed by atoms with E-state index >= 15 is 0 Å². The summed E-state index contributed by atoms with van der Waals surface area (Å²) in [6, 6.07) is 5.85. The van der Waals surface area contributed by atoms with E-state index in [2.05, 4.69) is 10.3 Å². The van der Waals surface area contributed by atoms with Crippen molar-refractivity contribution in [2.45, 2.75) is 25.7 Å². The van der Waals surface area contributed by atoms with E-state index in [4.69, 9.17) is 9.47 Å². The monoisotopic (exact) mass is 387 g/mol. The molecular formula is C19H21N3O4S. The smallest absolute Gasteiger partial charge is 0.228 e. The summed E-state index contributed by atoms with van der Waals surface area (Å²) in [7, 11) is 0. The van der Waals surface area contributed by atoms with Gasteiger partial charge in [-0.05, 0) is 30.5 Å². The van der Waals surface area contributed by atoms with Crippen LogP contribution < -0.4 is 19.7 Å². The molecule has 2 amide bonds. The SMILES string of the molecule is O=C(Cc1csc(N2CCCC2=O)n1)NCCc1ccc2c(c1)OCCO2. The Hall–Kier alpha value is -2.61. The molecule has 3 heterocycles. The summed E-state index contributed by atoms with van der Waals surface area (Å²) in [5.41, 5.74) is 1.79. The maximum Gasteiger partial charge on any atom is 0.228 e. The Kier molecular flexibility index (Phi) is 5.24. The van der Waals surface area contributed by atoms with Crippen molar-refractivity contribution in [1.82, 2.24) is 10.3 Å². The lowest BCUT2D eigenvalue weighted by atomic mass is 10.1. The molecule has 27 heavy (non-hydrogen) atoms. The van der Waals surface area contributed by atoms with Crippen molar-refractivity contribution in [2.75, 3.05) is 31.2 Å². The lowest BCUT2D eigenvalue weighted by Gasteiger charge is -2.18. The zero-order chi connectivity index (χ0) is 18.6. The van der Waals surface area contributed by atoms with E-state index in [1.54, 1.807) is 4.90 Å². The highest BCUT2D eigenvalue weighted by Gasteiger charge is 2.24. The maximum absolute atomic E-state index is 12.2. The Bertz CT molecular complexity index is 851. The minimum Gasteiger partial charge on any atom is -0.486 e. The molecular weight excluding hydrogens is 366 g/mol. The van der Waals surface area contributed by atoms with Crippen LogP contribution in [0.1, 0.15) is 24.1 Å². The summed E-state index contributed by atoms with van der Waals surface area (Å²) in [6.07, 6.45) is 2.38. The Morgan fingerprint density at radius 2 is 2.11 bits per heavy atom. The maximum atomic E-state index is 12.2. The molecule has 0 radical (unpaired) electrons. The van der Waals surface area contributed by atoms with Crippen LogP contribution in [0.2, 0.25) is 0 Å².